The van der Waals surface area contributed by atoms with Crippen molar-refractivity contribution in [2.75, 3.05) is 26.2 Å². The minimum atomic E-state index is 0.0861. The molecule has 6 heteroatoms. The van der Waals surface area contributed by atoms with E-state index in [1.165, 1.54) is 32.4 Å². The fraction of sp³-hybridized carbons (Fsp3) is 0.379. The number of phenolic OH excluding ortho intramolecular Hbond substituents is 1. The lowest BCUT2D eigenvalue weighted by Gasteiger charge is -2.26. The van der Waals surface area contributed by atoms with E-state index in [2.05, 4.69) is 4.90 Å². The lowest BCUT2D eigenvalue weighted by atomic mass is 10.0. The first-order valence-electron chi connectivity index (χ1n) is 12.5. The summed E-state index contributed by atoms with van der Waals surface area (Å²) in [6.45, 7) is 6.05. The molecule has 35 heavy (non-hydrogen) atoms. The molecular formula is C29H33NO4S. The van der Waals surface area contributed by atoms with Gasteiger partial charge in [0.25, 0.3) is 0 Å². The number of hydrogen-bond acceptors (Lipinski definition) is 6. The molecule has 0 bridgehead atoms. The number of phenols is 1. The highest BCUT2D eigenvalue weighted by Crippen LogP contribution is 2.51. The van der Waals surface area contributed by atoms with Gasteiger partial charge in [-0.1, -0.05) is 31.6 Å². The Hall–Kier alpha value is -2.83. The highest BCUT2D eigenvalue weighted by atomic mass is 32.2. The van der Waals surface area contributed by atoms with Crippen molar-refractivity contribution in [1.29, 1.82) is 0 Å². The normalized spacial score (nSPS) is 22.8. The van der Waals surface area contributed by atoms with Crippen LogP contribution in [0.25, 0.3) is 4.91 Å². The third kappa shape index (κ3) is 5.71. The molecule has 1 saturated heterocycles. The molecule has 2 aromatic rings. The summed E-state index contributed by atoms with van der Waals surface area (Å²) in [6.07, 6.45) is 8.53. The van der Waals surface area contributed by atoms with Gasteiger partial charge in [-0.3, -0.25) is 4.90 Å². The van der Waals surface area contributed by atoms with Crippen molar-refractivity contribution in [3.63, 3.8) is 0 Å². The van der Waals surface area contributed by atoms with Gasteiger partial charge < -0.3 is 19.7 Å². The van der Waals surface area contributed by atoms with Crippen LogP contribution in [0.4, 0.5) is 0 Å². The van der Waals surface area contributed by atoms with Crippen LogP contribution in [0, 0.1) is 5.92 Å². The first kappa shape index (κ1) is 23.9. The number of ether oxygens (including phenoxy) is 2. The lowest BCUT2D eigenvalue weighted by Crippen LogP contribution is -2.33. The predicted octanol–water partition coefficient (Wildman–Crippen LogP) is 6.53. The van der Waals surface area contributed by atoms with Crippen LogP contribution in [-0.4, -0.2) is 46.6 Å². The maximum Gasteiger partial charge on any atom is 0.145 e. The molecular weight excluding hydrogens is 458 g/mol. The van der Waals surface area contributed by atoms with Crippen molar-refractivity contribution in [2.24, 2.45) is 5.92 Å². The van der Waals surface area contributed by atoms with Crippen LogP contribution >= 0.6 is 11.8 Å². The van der Waals surface area contributed by atoms with E-state index in [-0.39, 0.29) is 16.9 Å². The predicted molar refractivity (Wildman–Crippen MR) is 142 cm³/mol. The second-order valence-electron chi connectivity index (χ2n) is 9.49. The maximum atomic E-state index is 10.3. The molecule has 0 radical (unpaired) electrons. The van der Waals surface area contributed by atoms with Gasteiger partial charge in [-0.05, 0) is 80.4 Å². The molecule has 2 aromatic carbocycles. The summed E-state index contributed by atoms with van der Waals surface area (Å²) >= 11 is 1.76. The number of nitrogens with zero attached hydrogens (tertiary/aromatic N) is 1. The Kier molecular flexibility index (Phi) is 7.40. The molecule has 2 aliphatic heterocycles. The summed E-state index contributed by atoms with van der Waals surface area (Å²) in [4.78, 5) is 3.52. The molecule has 1 aliphatic carbocycles. The number of hydrogen-bond donors (Lipinski definition) is 2. The summed E-state index contributed by atoms with van der Waals surface area (Å²) in [5.74, 6) is 3.13. The smallest absolute Gasteiger partial charge is 0.145 e. The van der Waals surface area contributed by atoms with Crippen molar-refractivity contribution in [3.8, 4) is 17.2 Å². The van der Waals surface area contributed by atoms with E-state index in [1.54, 1.807) is 30.0 Å². The van der Waals surface area contributed by atoms with Crippen LogP contribution in [-0.2, 0) is 0 Å². The van der Waals surface area contributed by atoms with Gasteiger partial charge in [-0.2, -0.15) is 0 Å². The van der Waals surface area contributed by atoms with E-state index in [0.29, 0.717) is 12.4 Å². The van der Waals surface area contributed by atoms with E-state index >= 15 is 0 Å². The molecule has 5 nitrogen and oxygen atoms in total. The van der Waals surface area contributed by atoms with Crippen LogP contribution in [0.2, 0.25) is 0 Å². The molecule has 0 spiro atoms. The second kappa shape index (κ2) is 10.8. The van der Waals surface area contributed by atoms with Crippen molar-refractivity contribution in [2.45, 2.75) is 37.9 Å². The van der Waals surface area contributed by atoms with Crippen molar-refractivity contribution >= 4 is 16.7 Å². The number of aromatic hydroxyl groups is 1. The molecule has 2 heterocycles. The third-order valence-electron chi connectivity index (χ3n) is 6.88. The Morgan fingerprint density at radius 1 is 0.914 bits per heavy atom. The summed E-state index contributed by atoms with van der Waals surface area (Å²) in [5.41, 5.74) is 2.09. The number of piperidine rings is 1. The van der Waals surface area contributed by atoms with E-state index in [0.717, 1.165) is 46.3 Å². The minimum absolute atomic E-state index is 0.0861. The Balaban J connectivity index is 1.32. The molecule has 3 aliphatic rings. The van der Waals surface area contributed by atoms with Crippen molar-refractivity contribution < 1.29 is 19.7 Å². The molecule has 0 aromatic heterocycles. The van der Waals surface area contributed by atoms with Crippen LogP contribution in [0.1, 0.15) is 38.2 Å². The number of likely N-dealkylation sites (tertiary alicyclic amines) is 1. The van der Waals surface area contributed by atoms with Crippen LogP contribution < -0.4 is 9.47 Å². The Bertz CT molecular complexity index is 1110. The van der Waals surface area contributed by atoms with Gasteiger partial charge in [0.2, 0.25) is 0 Å². The lowest BCUT2D eigenvalue weighted by molar-refractivity contribution is 0.183. The van der Waals surface area contributed by atoms with E-state index in [4.69, 9.17) is 9.47 Å². The number of aliphatic hydroxyl groups is 1. The fourth-order valence-corrected chi connectivity index (χ4v) is 6.31. The van der Waals surface area contributed by atoms with E-state index in [1.807, 2.05) is 49.4 Å². The number of thioether (sulfide) groups is 1. The zero-order valence-electron chi connectivity index (χ0n) is 20.2. The molecule has 5 rings (SSSR count). The topological polar surface area (TPSA) is 62.2 Å². The highest BCUT2D eigenvalue weighted by Gasteiger charge is 2.35. The average molecular weight is 492 g/mol. The molecule has 1 fully saturated rings. The molecule has 2 atom stereocenters. The Labute approximate surface area is 211 Å². The first-order valence-corrected chi connectivity index (χ1v) is 13.4. The zero-order valence-corrected chi connectivity index (χ0v) is 21.0. The van der Waals surface area contributed by atoms with Gasteiger partial charge in [-0.25, -0.2) is 0 Å². The molecule has 2 N–H and O–H groups in total. The van der Waals surface area contributed by atoms with Gasteiger partial charge >= 0.3 is 0 Å². The number of fused-ring (bicyclic) bond motifs is 1. The molecule has 0 amide bonds. The van der Waals surface area contributed by atoms with Crippen molar-refractivity contribution in [3.05, 3.63) is 83.3 Å². The summed E-state index contributed by atoms with van der Waals surface area (Å²) in [5, 5.41) is 20.2. The summed E-state index contributed by atoms with van der Waals surface area (Å²) in [7, 11) is 0. The van der Waals surface area contributed by atoms with Gasteiger partial charge in [0.1, 0.15) is 29.6 Å². The van der Waals surface area contributed by atoms with Crippen LogP contribution in [0.5, 0.6) is 17.2 Å². The quantitative estimate of drug-likeness (QED) is 0.459. The van der Waals surface area contributed by atoms with E-state index in [9.17, 15) is 10.2 Å². The average Bonchev–Trinajstić information content (AvgIpc) is 3.13. The van der Waals surface area contributed by atoms with Crippen LogP contribution in [0.15, 0.2) is 77.8 Å². The Morgan fingerprint density at radius 2 is 1.63 bits per heavy atom. The van der Waals surface area contributed by atoms with Gasteiger partial charge in [-0.15, -0.1) is 11.8 Å². The molecule has 2 unspecified atom stereocenters. The van der Waals surface area contributed by atoms with Gasteiger partial charge in [0.15, 0.2) is 0 Å². The standard InChI is InChI=1S/C29H33NO4S/c1-20-19-27-25(13-14-26(20)32)28(29(35-27)21-5-7-22(31)8-6-21)34-24-11-9-23(10-12-24)33-18-17-30-15-3-2-4-16-30/h5-14,20,27,31-32H,2-4,15-19H2,1H3. The van der Waals surface area contributed by atoms with Crippen LogP contribution in [0.3, 0.4) is 0 Å². The summed E-state index contributed by atoms with van der Waals surface area (Å²) in [6, 6.07) is 15.1. The third-order valence-corrected chi connectivity index (χ3v) is 8.27. The number of benzene rings is 2. The maximum absolute atomic E-state index is 10.3. The molecule has 184 valence electrons. The fourth-order valence-electron chi connectivity index (χ4n) is 4.79. The van der Waals surface area contributed by atoms with E-state index < -0.39 is 0 Å². The van der Waals surface area contributed by atoms with Gasteiger partial charge in [0.05, 0.1) is 10.7 Å². The molecule has 0 saturated carbocycles. The van der Waals surface area contributed by atoms with Crippen molar-refractivity contribution in [1.82, 2.24) is 4.90 Å². The monoisotopic (exact) mass is 491 g/mol. The highest BCUT2D eigenvalue weighted by molar-refractivity contribution is 8.09. The minimum Gasteiger partial charge on any atom is -0.512 e. The number of allylic oxidation sites excluding steroid dienone is 4. The SMILES string of the molecule is CC1CC2SC(c3ccc(O)cc3)=C(Oc3ccc(OCCN4CCCCC4)cc3)C2=CC=C1O. The number of rotatable bonds is 7. The second-order valence-corrected chi connectivity index (χ2v) is 10.7. The first-order chi connectivity index (χ1) is 17.1. The zero-order chi connectivity index (χ0) is 24.2. The summed E-state index contributed by atoms with van der Waals surface area (Å²) < 4.78 is 12.5. The largest absolute Gasteiger partial charge is 0.512 e. The van der Waals surface area contributed by atoms with Gasteiger partial charge in [0, 0.05) is 23.3 Å². The Morgan fingerprint density at radius 3 is 2.37 bits per heavy atom. The number of aliphatic hydroxyl groups excluding tert-OH is 1.